The Morgan fingerprint density at radius 3 is 2.33 bits per heavy atom. The van der Waals surface area contributed by atoms with E-state index in [2.05, 4.69) is 20.8 Å². The molecule has 0 radical (unpaired) electrons. The van der Waals surface area contributed by atoms with Crippen molar-refractivity contribution in [3.63, 3.8) is 0 Å². The first-order valence-electron chi connectivity index (χ1n) is 11.5. The maximum atomic E-state index is 12.1. The Bertz CT molecular complexity index is 861. The molecule has 16 heteroatoms. The molecule has 0 aromatic carbocycles. The number of imide groups is 1. The number of unbranched alkanes of at least 4 members (excludes halogenated alkanes) is 1. The predicted octanol–water partition coefficient (Wildman–Crippen LogP) is -3.80. The second-order valence-corrected chi connectivity index (χ2v) is 10.1. The molecule has 202 valence electrons. The maximum absolute atomic E-state index is 12.1. The molecule has 3 heterocycles. The molecule has 0 spiro atoms. The van der Waals surface area contributed by atoms with Gasteiger partial charge in [-0.2, -0.15) is 11.8 Å². The van der Waals surface area contributed by atoms with E-state index in [-0.39, 0.29) is 47.7 Å². The molecule has 3 saturated heterocycles. The number of fused-ring (bicyclic) bond motifs is 1. The number of aliphatic hydroxyl groups excluding tert-OH is 5. The van der Waals surface area contributed by atoms with Crippen LogP contribution < -0.4 is 16.0 Å². The van der Waals surface area contributed by atoms with Crippen LogP contribution in [0.25, 0.3) is 0 Å². The SMILES string of the molecule is O=C(CCCC[C@@H]1SC[C@@H]2NC(=O)N[C@@H]21)NC(O)C(O)C(O)C(O)C(O)C(=O)ON1C(=O)CCC1=O. The Labute approximate surface area is 209 Å². The average Bonchev–Trinajstić information content (AvgIpc) is 3.49. The predicted molar refractivity (Wildman–Crippen MR) is 119 cm³/mol. The minimum atomic E-state index is -2.48. The van der Waals surface area contributed by atoms with Gasteiger partial charge in [-0.25, -0.2) is 9.59 Å². The Morgan fingerprint density at radius 2 is 1.67 bits per heavy atom. The third kappa shape index (κ3) is 6.63. The van der Waals surface area contributed by atoms with Crippen LogP contribution in [0.2, 0.25) is 0 Å². The van der Waals surface area contributed by atoms with Crippen molar-refractivity contribution in [2.45, 2.75) is 86.5 Å². The average molecular weight is 535 g/mol. The molecule has 0 saturated carbocycles. The van der Waals surface area contributed by atoms with Crippen LogP contribution in [0.3, 0.4) is 0 Å². The highest BCUT2D eigenvalue weighted by atomic mass is 32.2. The second kappa shape index (κ2) is 12.2. The van der Waals surface area contributed by atoms with E-state index in [0.717, 1.165) is 12.2 Å². The fourth-order valence-electron chi connectivity index (χ4n) is 4.11. The van der Waals surface area contributed by atoms with Gasteiger partial charge in [-0.15, -0.1) is 5.06 Å². The Kier molecular flexibility index (Phi) is 9.48. The van der Waals surface area contributed by atoms with Crippen LogP contribution in [0.15, 0.2) is 0 Å². The molecule has 3 aliphatic rings. The van der Waals surface area contributed by atoms with Gasteiger partial charge in [0.1, 0.15) is 18.3 Å². The van der Waals surface area contributed by atoms with Crippen LogP contribution in [-0.4, -0.2) is 114 Å². The van der Waals surface area contributed by atoms with Gasteiger partial charge in [0.25, 0.3) is 11.8 Å². The lowest BCUT2D eigenvalue weighted by Gasteiger charge is -2.28. The summed E-state index contributed by atoms with van der Waals surface area (Å²) in [6.45, 7) is 0. The number of nitrogens with one attached hydrogen (secondary N) is 3. The van der Waals surface area contributed by atoms with Crippen LogP contribution in [0.1, 0.15) is 38.5 Å². The molecule has 8 atom stereocenters. The van der Waals surface area contributed by atoms with Crippen molar-refractivity contribution in [1.29, 1.82) is 0 Å². The van der Waals surface area contributed by atoms with Crippen LogP contribution in [0.4, 0.5) is 4.79 Å². The first kappa shape index (κ1) is 28.1. The van der Waals surface area contributed by atoms with Crippen molar-refractivity contribution in [2.75, 3.05) is 5.75 Å². The molecular weight excluding hydrogens is 504 g/mol. The summed E-state index contributed by atoms with van der Waals surface area (Å²) >= 11 is 1.74. The monoisotopic (exact) mass is 534 g/mol. The number of nitrogens with zero attached hydrogens (tertiary/aromatic N) is 1. The van der Waals surface area contributed by atoms with Crippen LogP contribution in [-0.2, 0) is 24.0 Å². The van der Waals surface area contributed by atoms with Crippen LogP contribution in [0, 0.1) is 0 Å². The van der Waals surface area contributed by atoms with Crippen molar-refractivity contribution >= 4 is 41.5 Å². The Hall–Kier alpha value is -2.50. The first-order chi connectivity index (χ1) is 17.0. The molecule has 3 fully saturated rings. The molecule has 0 aromatic rings. The lowest BCUT2D eigenvalue weighted by atomic mass is 10.0. The highest BCUT2D eigenvalue weighted by Gasteiger charge is 2.43. The summed E-state index contributed by atoms with van der Waals surface area (Å²) in [5.41, 5.74) is 0. The molecule has 5 unspecified atom stereocenters. The number of hydrogen-bond donors (Lipinski definition) is 8. The highest BCUT2D eigenvalue weighted by Crippen LogP contribution is 2.33. The van der Waals surface area contributed by atoms with E-state index in [4.69, 9.17) is 0 Å². The minimum Gasteiger partial charge on any atom is -0.387 e. The van der Waals surface area contributed by atoms with E-state index in [0.29, 0.717) is 12.8 Å². The zero-order valence-corrected chi connectivity index (χ0v) is 19.9. The molecule has 0 aromatic heterocycles. The number of rotatable bonds is 12. The molecule has 0 bridgehead atoms. The van der Waals surface area contributed by atoms with Crippen molar-refractivity contribution in [3.05, 3.63) is 0 Å². The number of amides is 5. The van der Waals surface area contributed by atoms with Gasteiger partial charge in [0.15, 0.2) is 12.3 Å². The van der Waals surface area contributed by atoms with Crippen LogP contribution in [0.5, 0.6) is 0 Å². The number of carbonyl (C=O) groups excluding carboxylic acids is 5. The molecule has 3 aliphatic heterocycles. The van der Waals surface area contributed by atoms with Gasteiger partial charge in [0, 0.05) is 30.3 Å². The normalized spacial score (nSPS) is 27.5. The summed E-state index contributed by atoms with van der Waals surface area (Å²) in [7, 11) is 0. The summed E-state index contributed by atoms with van der Waals surface area (Å²) < 4.78 is 0. The molecule has 8 N–H and O–H groups in total. The number of carbonyl (C=O) groups is 5. The van der Waals surface area contributed by atoms with Gasteiger partial charge in [-0.05, 0) is 12.8 Å². The Morgan fingerprint density at radius 1 is 1.00 bits per heavy atom. The van der Waals surface area contributed by atoms with Crippen LogP contribution >= 0.6 is 11.8 Å². The fraction of sp³-hybridized carbons (Fsp3) is 0.750. The van der Waals surface area contributed by atoms with Crippen molar-refractivity contribution < 1.29 is 54.3 Å². The zero-order chi connectivity index (χ0) is 26.6. The van der Waals surface area contributed by atoms with Gasteiger partial charge in [0.2, 0.25) is 5.91 Å². The summed E-state index contributed by atoms with van der Waals surface area (Å²) in [5, 5.41) is 58.0. The van der Waals surface area contributed by atoms with Gasteiger partial charge >= 0.3 is 12.0 Å². The summed E-state index contributed by atoms with van der Waals surface area (Å²) in [4.78, 5) is 62.7. The molecule has 3 rings (SSSR count). The maximum Gasteiger partial charge on any atom is 0.364 e. The second-order valence-electron chi connectivity index (χ2n) is 8.79. The van der Waals surface area contributed by atoms with E-state index in [9.17, 15) is 49.5 Å². The number of thioether (sulfide) groups is 1. The largest absolute Gasteiger partial charge is 0.387 e. The minimum absolute atomic E-state index is 0.00857. The van der Waals surface area contributed by atoms with E-state index < -0.39 is 54.3 Å². The van der Waals surface area contributed by atoms with Gasteiger partial charge < -0.3 is 46.3 Å². The van der Waals surface area contributed by atoms with Crippen molar-refractivity contribution in [1.82, 2.24) is 21.0 Å². The highest BCUT2D eigenvalue weighted by molar-refractivity contribution is 8.00. The molecule has 15 nitrogen and oxygen atoms in total. The van der Waals surface area contributed by atoms with Crippen molar-refractivity contribution in [3.8, 4) is 0 Å². The van der Waals surface area contributed by atoms with E-state index >= 15 is 0 Å². The fourth-order valence-corrected chi connectivity index (χ4v) is 5.66. The van der Waals surface area contributed by atoms with Gasteiger partial charge in [0.05, 0.1) is 12.1 Å². The van der Waals surface area contributed by atoms with Gasteiger partial charge in [-0.3, -0.25) is 14.4 Å². The third-order valence-corrected chi connectivity index (χ3v) is 7.67. The lowest BCUT2D eigenvalue weighted by molar-refractivity contribution is -0.211. The van der Waals surface area contributed by atoms with E-state index in [1.807, 2.05) is 0 Å². The number of aliphatic hydroxyl groups is 5. The zero-order valence-electron chi connectivity index (χ0n) is 19.1. The smallest absolute Gasteiger partial charge is 0.364 e. The summed E-state index contributed by atoms with van der Waals surface area (Å²) in [5.74, 6) is -3.14. The number of hydroxylamine groups is 2. The summed E-state index contributed by atoms with van der Waals surface area (Å²) in [6.07, 6.45) is -9.95. The van der Waals surface area contributed by atoms with E-state index in [1.165, 1.54) is 0 Å². The number of hydrogen-bond acceptors (Lipinski definition) is 12. The lowest BCUT2D eigenvalue weighted by Crippen LogP contribution is -2.56. The number of urea groups is 1. The third-order valence-electron chi connectivity index (χ3n) is 6.16. The molecule has 0 aliphatic carbocycles. The quantitative estimate of drug-likeness (QED) is 0.0521. The molecular formula is C20H30N4O11S. The molecule has 36 heavy (non-hydrogen) atoms. The van der Waals surface area contributed by atoms with Crippen molar-refractivity contribution in [2.24, 2.45) is 0 Å². The Balaban J connectivity index is 1.36. The van der Waals surface area contributed by atoms with Gasteiger partial charge in [-0.1, -0.05) is 6.42 Å². The van der Waals surface area contributed by atoms with E-state index in [1.54, 1.807) is 11.8 Å². The first-order valence-corrected chi connectivity index (χ1v) is 12.5. The molecule has 5 amide bonds. The standard InChI is InChI=1S/C20H30N4O11S/c25-10(4-2-1-3-9-13-8(7-36-9)21-20(34)23-13)22-18(32)16(30)14(28)15(29)17(31)19(33)35-24-11(26)5-6-12(24)27/h8-9,13-18,28-32H,1-7H2,(H,22,25)(H2,21,23,34)/t8-,9-,13-,14?,15?,16?,17?,18?/m0/s1. The topological polar surface area (TPSA) is 235 Å². The summed E-state index contributed by atoms with van der Waals surface area (Å²) in [6, 6.07) is -0.0410.